The molecule has 0 radical (unpaired) electrons. The van der Waals surface area contributed by atoms with E-state index in [9.17, 15) is 13.6 Å². The number of amides is 1. The van der Waals surface area contributed by atoms with Gasteiger partial charge in [-0.15, -0.1) is 10.2 Å². The van der Waals surface area contributed by atoms with Crippen LogP contribution < -0.4 is 10.1 Å². The van der Waals surface area contributed by atoms with Gasteiger partial charge in [-0.3, -0.25) is 4.79 Å². The predicted molar refractivity (Wildman–Crippen MR) is 80.6 cm³/mol. The number of carbonyl (C=O) groups excluding carboxylic acids is 1. The van der Waals surface area contributed by atoms with Crippen LogP contribution in [0.15, 0.2) is 46.9 Å². The van der Waals surface area contributed by atoms with E-state index in [0.29, 0.717) is 11.3 Å². The van der Waals surface area contributed by atoms with E-state index in [4.69, 9.17) is 9.15 Å². The van der Waals surface area contributed by atoms with Crippen molar-refractivity contribution >= 4 is 11.6 Å². The van der Waals surface area contributed by atoms with Gasteiger partial charge in [-0.25, -0.2) is 8.78 Å². The first-order chi connectivity index (χ1) is 11.6. The summed E-state index contributed by atoms with van der Waals surface area (Å²) in [5.74, 6) is -2.65. The normalized spacial score (nSPS) is 10.5. The summed E-state index contributed by atoms with van der Waals surface area (Å²) < 4.78 is 37.6. The Hall–Kier alpha value is -3.29. The van der Waals surface area contributed by atoms with Gasteiger partial charge in [0.15, 0.2) is 0 Å². The van der Waals surface area contributed by atoms with E-state index < -0.39 is 29.1 Å². The number of halogens is 2. The molecule has 24 heavy (non-hydrogen) atoms. The largest absolute Gasteiger partial charge is 0.496 e. The highest BCUT2D eigenvalue weighted by molar-refractivity contribution is 6.01. The van der Waals surface area contributed by atoms with Crippen molar-refractivity contribution in [1.29, 1.82) is 0 Å². The molecule has 8 heteroatoms. The second-order valence-electron chi connectivity index (χ2n) is 4.66. The third-order valence-electron chi connectivity index (χ3n) is 3.16. The Kier molecular flexibility index (Phi) is 4.19. The van der Waals surface area contributed by atoms with E-state index >= 15 is 0 Å². The number of hydrogen-bond donors (Lipinski definition) is 1. The Balaban J connectivity index is 1.87. The van der Waals surface area contributed by atoms with Gasteiger partial charge in [0.2, 0.25) is 0 Å². The SMILES string of the molecule is COc1ccccc1-c1nnc(C(=O)Nc2c(F)cccc2F)o1. The quantitative estimate of drug-likeness (QED) is 0.794. The number of nitrogens with zero attached hydrogens (tertiary/aromatic N) is 2. The van der Waals surface area contributed by atoms with E-state index in [1.54, 1.807) is 24.3 Å². The zero-order valence-electron chi connectivity index (χ0n) is 12.4. The maximum atomic E-state index is 13.6. The summed E-state index contributed by atoms with van der Waals surface area (Å²) in [6, 6.07) is 10.1. The van der Waals surface area contributed by atoms with Crippen molar-refractivity contribution in [1.82, 2.24) is 10.2 Å². The van der Waals surface area contributed by atoms with Crippen molar-refractivity contribution in [3.8, 4) is 17.2 Å². The average Bonchev–Trinajstić information content (AvgIpc) is 3.08. The highest BCUT2D eigenvalue weighted by Gasteiger charge is 2.20. The molecular weight excluding hydrogens is 320 g/mol. The lowest BCUT2D eigenvalue weighted by Crippen LogP contribution is -2.14. The molecule has 1 aromatic heterocycles. The second kappa shape index (κ2) is 6.45. The van der Waals surface area contributed by atoms with Crippen molar-refractivity contribution in [2.24, 2.45) is 0 Å². The van der Waals surface area contributed by atoms with Crippen LogP contribution in [0.3, 0.4) is 0 Å². The predicted octanol–water partition coefficient (Wildman–Crippen LogP) is 3.28. The Morgan fingerprint density at radius 3 is 2.50 bits per heavy atom. The number of anilines is 1. The van der Waals surface area contributed by atoms with Crippen LogP contribution in [-0.2, 0) is 0 Å². The van der Waals surface area contributed by atoms with Gasteiger partial charge in [-0.05, 0) is 24.3 Å². The summed E-state index contributed by atoms with van der Waals surface area (Å²) in [4.78, 5) is 12.0. The average molecular weight is 331 g/mol. The van der Waals surface area contributed by atoms with Gasteiger partial charge in [0, 0.05) is 0 Å². The molecule has 1 heterocycles. The number of para-hydroxylation sites is 2. The van der Waals surface area contributed by atoms with Crippen LogP contribution in [0.2, 0.25) is 0 Å². The molecule has 1 N–H and O–H groups in total. The highest BCUT2D eigenvalue weighted by atomic mass is 19.1. The summed E-state index contributed by atoms with van der Waals surface area (Å²) in [5.41, 5.74) is -0.0943. The molecule has 0 bridgehead atoms. The summed E-state index contributed by atoms with van der Waals surface area (Å²) >= 11 is 0. The lowest BCUT2D eigenvalue weighted by Gasteiger charge is -2.05. The maximum Gasteiger partial charge on any atom is 0.313 e. The molecule has 0 spiro atoms. The number of rotatable bonds is 4. The maximum absolute atomic E-state index is 13.6. The smallest absolute Gasteiger partial charge is 0.313 e. The van der Waals surface area contributed by atoms with Gasteiger partial charge in [-0.1, -0.05) is 18.2 Å². The van der Waals surface area contributed by atoms with E-state index in [0.717, 1.165) is 12.1 Å². The van der Waals surface area contributed by atoms with Gasteiger partial charge in [0.1, 0.15) is 23.1 Å². The summed E-state index contributed by atoms with van der Waals surface area (Å²) in [6.07, 6.45) is 0. The lowest BCUT2D eigenvalue weighted by atomic mass is 10.2. The van der Waals surface area contributed by atoms with Crippen molar-refractivity contribution in [3.05, 3.63) is 60.0 Å². The molecule has 3 rings (SSSR count). The number of ether oxygens (including phenoxy) is 1. The molecule has 0 unspecified atom stereocenters. The third kappa shape index (κ3) is 2.94. The molecule has 0 aliphatic rings. The molecule has 0 atom stereocenters. The summed E-state index contributed by atoms with van der Waals surface area (Å²) in [6.45, 7) is 0. The minimum atomic E-state index is -0.923. The van der Waals surface area contributed by atoms with Crippen LogP contribution in [0.4, 0.5) is 14.5 Å². The molecule has 0 saturated heterocycles. The molecule has 3 aromatic rings. The van der Waals surface area contributed by atoms with Crippen molar-refractivity contribution in [2.75, 3.05) is 12.4 Å². The van der Waals surface area contributed by atoms with Gasteiger partial charge in [0.05, 0.1) is 12.7 Å². The topological polar surface area (TPSA) is 77.2 Å². The van der Waals surface area contributed by atoms with Gasteiger partial charge >= 0.3 is 11.8 Å². The molecule has 122 valence electrons. The van der Waals surface area contributed by atoms with Crippen molar-refractivity contribution in [3.63, 3.8) is 0 Å². The minimum Gasteiger partial charge on any atom is -0.496 e. The Morgan fingerprint density at radius 1 is 1.08 bits per heavy atom. The Labute approximate surface area is 135 Å². The lowest BCUT2D eigenvalue weighted by molar-refractivity contribution is 0.0989. The highest BCUT2D eigenvalue weighted by Crippen LogP contribution is 2.28. The molecule has 6 nitrogen and oxygen atoms in total. The van der Waals surface area contributed by atoms with Crippen LogP contribution in [-0.4, -0.2) is 23.2 Å². The standard InChI is InChI=1S/C16H11F2N3O3/c1-23-12-8-3-2-5-9(12)15-20-21-16(24-15)14(22)19-13-10(17)6-4-7-11(13)18/h2-8H,1H3,(H,19,22). The van der Waals surface area contributed by atoms with Crippen LogP contribution in [0, 0.1) is 11.6 Å². The molecule has 0 aliphatic heterocycles. The molecule has 2 aromatic carbocycles. The first kappa shape index (κ1) is 15.6. The van der Waals surface area contributed by atoms with E-state index in [1.165, 1.54) is 13.2 Å². The van der Waals surface area contributed by atoms with Crippen LogP contribution in [0.1, 0.15) is 10.7 Å². The number of nitrogens with one attached hydrogen (secondary N) is 1. The van der Waals surface area contributed by atoms with Crippen LogP contribution in [0.25, 0.3) is 11.5 Å². The zero-order valence-corrected chi connectivity index (χ0v) is 12.4. The molecule has 0 saturated carbocycles. The van der Waals surface area contributed by atoms with Gasteiger partial charge in [-0.2, -0.15) is 0 Å². The zero-order chi connectivity index (χ0) is 17.1. The number of methoxy groups -OCH3 is 1. The summed E-state index contributed by atoms with van der Waals surface area (Å²) in [7, 11) is 1.48. The Morgan fingerprint density at radius 2 is 1.79 bits per heavy atom. The number of hydrogen-bond acceptors (Lipinski definition) is 5. The third-order valence-corrected chi connectivity index (χ3v) is 3.16. The van der Waals surface area contributed by atoms with Gasteiger partial charge in [0.25, 0.3) is 5.89 Å². The van der Waals surface area contributed by atoms with Crippen molar-refractivity contribution < 1.29 is 22.7 Å². The fourth-order valence-corrected chi connectivity index (χ4v) is 2.03. The fraction of sp³-hybridized carbons (Fsp3) is 0.0625. The monoisotopic (exact) mass is 331 g/mol. The molecule has 1 amide bonds. The molecule has 0 fully saturated rings. The van der Waals surface area contributed by atoms with E-state index in [1.807, 2.05) is 0 Å². The summed E-state index contributed by atoms with van der Waals surface area (Å²) in [5, 5.41) is 9.42. The molecular formula is C16H11F2N3O3. The van der Waals surface area contributed by atoms with Crippen molar-refractivity contribution in [2.45, 2.75) is 0 Å². The number of aromatic nitrogens is 2. The second-order valence-corrected chi connectivity index (χ2v) is 4.66. The van der Waals surface area contributed by atoms with Crippen LogP contribution in [0.5, 0.6) is 5.75 Å². The number of carbonyl (C=O) groups is 1. The Bertz CT molecular complexity index is 876. The van der Waals surface area contributed by atoms with Crippen LogP contribution >= 0.6 is 0 Å². The fourth-order valence-electron chi connectivity index (χ4n) is 2.03. The first-order valence-electron chi connectivity index (χ1n) is 6.82. The molecule has 0 aliphatic carbocycles. The van der Waals surface area contributed by atoms with E-state index in [-0.39, 0.29) is 5.89 Å². The van der Waals surface area contributed by atoms with E-state index in [2.05, 4.69) is 15.5 Å². The first-order valence-corrected chi connectivity index (χ1v) is 6.82. The minimum absolute atomic E-state index is 0.0478. The van der Waals surface area contributed by atoms with Gasteiger partial charge < -0.3 is 14.5 Å². The number of benzene rings is 2.